The zero-order valence-electron chi connectivity index (χ0n) is 13.4. The Bertz CT molecular complexity index is 229. The van der Waals surface area contributed by atoms with Crippen molar-refractivity contribution in [2.75, 3.05) is 13.6 Å². The molecule has 0 aliphatic heterocycles. The van der Waals surface area contributed by atoms with Crippen LogP contribution in [-0.4, -0.2) is 36.6 Å². The summed E-state index contributed by atoms with van der Waals surface area (Å²) in [7, 11) is 2.33. The van der Waals surface area contributed by atoms with Crippen molar-refractivity contribution >= 4 is 0 Å². The molecule has 0 bridgehead atoms. The zero-order chi connectivity index (χ0) is 13.7. The summed E-state index contributed by atoms with van der Waals surface area (Å²) >= 11 is 0. The molecule has 5 atom stereocenters. The van der Waals surface area contributed by atoms with Crippen LogP contribution in [0, 0.1) is 11.8 Å². The van der Waals surface area contributed by atoms with E-state index >= 15 is 0 Å². The molecule has 0 heterocycles. The van der Waals surface area contributed by atoms with Gasteiger partial charge in [0.05, 0.1) is 0 Å². The van der Waals surface area contributed by atoms with E-state index in [0.29, 0.717) is 18.1 Å². The number of likely N-dealkylation sites (N-methyl/N-ethyl adjacent to an activating group) is 1. The zero-order valence-corrected chi connectivity index (χ0v) is 13.4. The molecule has 0 aromatic carbocycles. The fourth-order valence-electron chi connectivity index (χ4n) is 3.64. The number of nitrogens with zero attached hydrogens (tertiary/aromatic N) is 1. The molecule has 1 aliphatic rings. The average Bonchev–Trinajstić information content (AvgIpc) is 2.33. The summed E-state index contributed by atoms with van der Waals surface area (Å²) in [5.74, 6) is 1.68. The predicted octanol–water partition coefficient (Wildman–Crippen LogP) is 3.52. The van der Waals surface area contributed by atoms with Crippen molar-refractivity contribution in [2.24, 2.45) is 11.8 Å². The maximum Gasteiger partial charge on any atom is 0.0274 e. The highest BCUT2D eigenvalue weighted by atomic mass is 15.2. The number of hydrogen-bond donors (Lipinski definition) is 1. The SMILES string of the molecule is CCCNC1CC(C)CC(C)C1N(C)C(C)CC. The molecule has 108 valence electrons. The molecule has 0 aromatic heterocycles. The van der Waals surface area contributed by atoms with E-state index in [0.717, 1.165) is 18.4 Å². The number of nitrogens with one attached hydrogen (secondary N) is 1. The predicted molar refractivity (Wildman–Crippen MR) is 80.9 cm³/mol. The monoisotopic (exact) mass is 254 g/mol. The molecule has 0 radical (unpaired) electrons. The fraction of sp³-hybridized carbons (Fsp3) is 1.00. The molecule has 18 heavy (non-hydrogen) atoms. The average molecular weight is 254 g/mol. The van der Waals surface area contributed by atoms with Gasteiger partial charge in [-0.25, -0.2) is 0 Å². The van der Waals surface area contributed by atoms with Crippen molar-refractivity contribution < 1.29 is 0 Å². The fourth-order valence-corrected chi connectivity index (χ4v) is 3.64. The van der Waals surface area contributed by atoms with E-state index in [1.807, 2.05) is 0 Å². The number of rotatable bonds is 6. The highest BCUT2D eigenvalue weighted by molar-refractivity contribution is 4.94. The molecular formula is C16H34N2. The largest absolute Gasteiger partial charge is 0.312 e. The van der Waals surface area contributed by atoms with Crippen molar-refractivity contribution in [1.29, 1.82) is 0 Å². The Morgan fingerprint density at radius 3 is 2.44 bits per heavy atom. The lowest BCUT2D eigenvalue weighted by Crippen LogP contribution is -2.57. The topological polar surface area (TPSA) is 15.3 Å². The molecular weight excluding hydrogens is 220 g/mol. The van der Waals surface area contributed by atoms with Gasteiger partial charge in [-0.3, -0.25) is 4.90 Å². The number of hydrogen-bond acceptors (Lipinski definition) is 2. The Morgan fingerprint density at radius 1 is 1.22 bits per heavy atom. The Kier molecular flexibility index (Phi) is 6.65. The summed E-state index contributed by atoms with van der Waals surface area (Å²) in [6, 6.07) is 2.09. The summed E-state index contributed by atoms with van der Waals surface area (Å²) in [6.45, 7) is 12.9. The van der Waals surface area contributed by atoms with Crippen molar-refractivity contribution in [1.82, 2.24) is 10.2 Å². The highest BCUT2D eigenvalue weighted by Crippen LogP contribution is 2.33. The van der Waals surface area contributed by atoms with Gasteiger partial charge in [-0.2, -0.15) is 0 Å². The Morgan fingerprint density at radius 2 is 1.89 bits per heavy atom. The second-order valence-electron chi connectivity index (χ2n) is 6.53. The van der Waals surface area contributed by atoms with Gasteiger partial charge in [0.2, 0.25) is 0 Å². The van der Waals surface area contributed by atoms with Crippen LogP contribution in [0.2, 0.25) is 0 Å². The van der Waals surface area contributed by atoms with Crippen LogP contribution in [0.1, 0.15) is 60.3 Å². The second-order valence-corrected chi connectivity index (χ2v) is 6.53. The van der Waals surface area contributed by atoms with Gasteiger partial charge in [0.25, 0.3) is 0 Å². The van der Waals surface area contributed by atoms with Crippen molar-refractivity contribution in [3.8, 4) is 0 Å². The molecule has 1 fully saturated rings. The minimum absolute atomic E-state index is 0.683. The summed E-state index contributed by atoms with van der Waals surface area (Å²) in [4.78, 5) is 2.63. The second kappa shape index (κ2) is 7.49. The smallest absolute Gasteiger partial charge is 0.0274 e. The molecule has 1 N–H and O–H groups in total. The van der Waals surface area contributed by atoms with Crippen LogP contribution in [0.3, 0.4) is 0 Å². The van der Waals surface area contributed by atoms with Crippen LogP contribution in [0.4, 0.5) is 0 Å². The van der Waals surface area contributed by atoms with Crippen LogP contribution in [0.5, 0.6) is 0 Å². The Balaban J connectivity index is 2.73. The summed E-state index contributed by atoms with van der Waals surface area (Å²) in [5.41, 5.74) is 0. The van der Waals surface area contributed by atoms with E-state index in [4.69, 9.17) is 0 Å². The first kappa shape index (κ1) is 16.0. The molecule has 1 rings (SSSR count). The van der Waals surface area contributed by atoms with E-state index in [-0.39, 0.29) is 0 Å². The van der Waals surface area contributed by atoms with E-state index in [9.17, 15) is 0 Å². The maximum atomic E-state index is 3.80. The molecule has 0 aromatic rings. The van der Waals surface area contributed by atoms with Gasteiger partial charge in [-0.15, -0.1) is 0 Å². The molecule has 0 spiro atoms. The van der Waals surface area contributed by atoms with Gasteiger partial charge in [0, 0.05) is 18.1 Å². The van der Waals surface area contributed by atoms with Gasteiger partial charge in [-0.05, 0) is 58.0 Å². The van der Waals surface area contributed by atoms with E-state index in [1.54, 1.807) is 0 Å². The van der Waals surface area contributed by atoms with E-state index in [2.05, 4.69) is 51.9 Å². The summed E-state index contributed by atoms with van der Waals surface area (Å²) < 4.78 is 0. The van der Waals surface area contributed by atoms with Crippen molar-refractivity contribution in [3.63, 3.8) is 0 Å². The minimum atomic E-state index is 0.683. The molecule has 2 nitrogen and oxygen atoms in total. The van der Waals surface area contributed by atoms with Crippen molar-refractivity contribution in [2.45, 2.75) is 78.4 Å². The van der Waals surface area contributed by atoms with Gasteiger partial charge >= 0.3 is 0 Å². The Labute approximate surface area is 115 Å². The summed E-state index contributed by atoms with van der Waals surface area (Å²) in [5, 5.41) is 3.80. The molecule has 5 unspecified atom stereocenters. The highest BCUT2D eigenvalue weighted by Gasteiger charge is 2.37. The Hall–Kier alpha value is -0.0800. The summed E-state index contributed by atoms with van der Waals surface area (Å²) in [6.07, 6.45) is 5.21. The first-order valence-electron chi connectivity index (χ1n) is 7.96. The lowest BCUT2D eigenvalue weighted by Gasteiger charge is -2.46. The van der Waals surface area contributed by atoms with Gasteiger partial charge in [0.15, 0.2) is 0 Å². The van der Waals surface area contributed by atoms with Crippen molar-refractivity contribution in [3.05, 3.63) is 0 Å². The quantitative estimate of drug-likeness (QED) is 0.780. The maximum absolute atomic E-state index is 3.80. The van der Waals surface area contributed by atoms with E-state index in [1.165, 1.54) is 25.7 Å². The van der Waals surface area contributed by atoms with Crippen LogP contribution in [0.25, 0.3) is 0 Å². The third-order valence-corrected chi connectivity index (χ3v) is 4.84. The molecule has 1 saturated carbocycles. The van der Waals surface area contributed by atoms with Crippen LogP contribution >= 0.6 is 0 Å². The van der Waals surface area contributed by atoms with Crippen LogP contribution in [0.15, 0.2) is 0 Å². The van der Waals surface area contributed by atoms with Gasteiger partial charge < -0.3 is 5.32 Å². The van der Waals surface area contributed by atoms with Gasteiger partial charge in [-0.1, -0.05) is 27.7 Å². The molecule has 1 aliphatic carbocycles. The normalized spacial score (nSPS) is 34.8. The lowest BCUT2D eigenvalue weighted by atomic mass is 9.75. The molecule has 2 heteroatoms. The lowest BCUT2D eigenvalue weighted by molar-refractivity contribution is 0.0543. The first-order chi connectivity index (χ1) is 8.51. The standard InChI is InChI=1S/C16H34N2/c1-7-9-17-15-11-12(3)10-13(4)16(15)18(6)14(5)8-2/h12-17H,7-11H2,1-6H3. The molecule has 0 amide bonds. The minimum Gasteiger partial charge on any atom is -0.312 e. The first-order valence-corrected chi connectivity index (χ1v) is 7.96. The van der Waals surface area contributed by atoms with Crippen LogP contribution < -0.4 is 5.32 Å². The third kappa shape index (κ3) is 3.96. The molecule has 0 saturated heterocycles. The van der Waals surface area contributed by atoms with E-state index < -0.39 is 0 Å². The van der Waals surface area contributed by atoms with Gasteiger partial charge in [0.1, 0.15) is 0 Å². The van der Waals surface area contributed by atoms with Crippen LogP contribution in [-0.2, 0) is 0 Å². The third-order valence-electron chi connectivity index (χ3n) is 4.84.